The summed E-state index contributed by atoms with van der Waals surface area (Å²) < 4.78 is 26.8. The molecule has 0 atom stereocenters. The van der Waals surface area contributed by atoms with Gasteiger partial charge in [-0.05, 0) is 42.0 Å². The van der Waals surface area contributed by atoms with Crippen molar-refractivity contribution in [2.75, 3.05) is 0 Å². The molecule has 2 aromatic carbocycles. The molecular formula is C13H6ClF2N. The van der Waals surface area contributed by atoms with Crippen LogP contribution >= 0.6 is 11.6 Å². The average Bonchev–Trinajstić information content (AvgIpc) is 2.31. The predicted molar refractivity (Wildman–Crippen MR) is 61.5 cm³/mol. The van der Waals surface area contributed by atoms with Crippen molar-refractivity contribution in [2.24, 2.45) is 0 Å². The van der Waals surface area contributed by atoms with Crippen LogP contribution in [0.4, 0.5) is 8.78 Å². The fourth-order valence-electron chi connectivity index (χ4n) is 1.53. The van der Waals surface area contributed by atoms with Gasteiger partial charge in [-0.2, -0.15) is 5.26 Å². The monoisotopic (exact) mass is 249 g/mol. The number of rotatable bonds is 1. The summed E-state index contributed by atoms with van der Waals surface area (Å²) in [5.74, 6) is -1.10. The molecule has 0 aromatic heterocycles. The molecular weight excluding hydrogens is 244 g/mol. The summed E-state index contributed by atoms with van der Waals surface area (Å²) in [4.78, 5) is 0. The summed E-state index contributed by atoms with van der Waals surface area (Å²) in [6, 6.07) is 9.49. The number of hydrogen-bond acceptors (Lipinski definition) is 1. The van der Waals surface area contributed by atoms with Crippen molar-refractivity contribution in [1.29, 1.82) is 5.26 Å². The van der Waals surface area contributed by atoms with Crippen molar-refractivity contribution < 1.29 is 8.78 Å². The lowest BCUT2D eigenvalue weighted by Crippen LogP contribution is -1.88. The van der Waals surface area contributed by atoms with E-state index in [4.69, 9.17) is 16.9 Å². The highest BCUT2D eigenvalue weighted by Crippen LogP contribution is 2.27. The third-order valence-electron chi connectivity index (χ3n) is 2.27. The minimum atomic E-state index is -0.585. The summed E-state index contributed by atoms with van der Waals surface area (Å²) >= 11 is 5.75. The molecule has 17 heavy (non-hydrogen) atoms. The Balaban J connectivity index is 2.64. The minimum absolute atomic E-state index is 0.138. The third-order valence-corrected chi connectivity index (χ3v) is 2.50. The smallest absolute Gasteiger partial charge is 0.131 e. The minimum Gasteiger partial charge on any atom is -0.207 e. The molecule has 84 valence electrons. The number of hydrogen-bond donors (Lipinski definition) is 0. The molecule has 0 spiro atoms. The molecule has 0 saturated carbocycles. The summed E-state index contributed by atoms with van der Waals surface area (Å²) in [6.45, 7) is 0. The van der Waals surface area contributed by atoms with Crippen LogP contribution in [0.2, 0.25) is 5.02 Å². The van der Waals surface area contributed by atoms with E-state index in [1.54, 1.807) is 0 Å². The molecule has 0 bridgehead atoms. The Morgan fingerprint density at radius 2 is 1.82 bits per heavy atom. The van der Waals surface area contributed by atoms with Gasteiger partial charge in [-0.25, -0.2) is 8.78 Å². The van der Waals surface area contributed by atoms with Gasteiger partial charge < -0.3 is 0 Å². The second-order valence-corrected chi connectivity index (χ2v) is 3.90. The van der Waals surface area contributed by atoms with E-state index < -0.39 is 11.6 Å². The van der Waals surface area contributed by atoms with Gasteiger partial charge in [-0.15, -0.1) is 0 Å². The maximum Gasteiger partial charge on any atom is 0.131 e. The zero-order chi connectivity index (χ0) is 12.4. The zero-order valence-corrected chi connectivity index (χ0v) is 9.30. The van der Waals surface area contributed by atoms with Crippen LogP contribution < -0.4 is 0 Å². The van der Waals surface area contributed by atoms with Gasteiger partial charge in [0, 0.05) is 10.6 Å². The van der Waals surface area contributed by atoms with Crippen molar-refractivity contribution in [3.05, 3.63) is 58.6 Å². The largest absolute Gasteiger partial charge is 0.207 e. The molecule has 0 fully saturated rings. The molecule has 0 aliphatic rings. The van der Waals surface area contributed by atoms with E-state index in [0.717, 1.165) is 12.1 Å². The van der Waals surface area contributed by atoms with Crippen molar-refractivity contribution in [1.82, 2.24) is 0 Å². The maximum atomic E-state index is 13.6. The number of nitrogens with zero attached hydrogens (tertiary/aromatic N) is 1. The van der Waals surface area contributed by atoms with Gasteiger partial charge in [0.2, 0.25) is 0 Å². The van der Waals surface area contributed by atoms with Crippen LogP contribution in [0, 0.1) is 23.0 Å². The van der Waals surface area contributed by atoms with E-state index in [9.17, 15) is 8.78 Å². The quantitative estimate of drug-likeness (QED) is 0.745. The first-order chi connectivity index (χ1) is 8.10. The van der Waals surface area contributed by atoms with E-state index in [1.807, 2.05) is 6.07 Å². The first-order valence-electron chi connectivity index (χ1n) is 4.76. The van der Waals surface area contributed by atoms with Gasteiger partial charge in [0.05, 0.1) is 11.6 Å². The van der Waals surface area contributed by atoms with E-state index >= 15 is 0 Å². The molecule has 1 nitrogen and oxygen atoms in total. The number of benzene rings is 2. The molecule has 0 radical (unpaired) electrons. The van der Waals surface area contributed by atoms with Crippen molar-refractivity contribution in [2.45, 2.75) is 0 Å². The lowest BCUT2D eigenvalue weighted by molar-refractivity contribution is 0.624. The lowest BCUT2D eigenvalue weighted by atomic mass is 10.0. The molecule has 0 N–H and O–H groups in total. The molecule has 4 heteroatoms. The van der Waals surface area contributed by atoms with Crippen LogP contribution in [0.25, 0.3) is 11.1 Å². The molecule has 0 aliphatic carbocycles. The van der Waals surface area contributed by atoms with Crippen LogP contribution in [-0.4, -0.2) is 0 Å². The van der Waals surface area contributed by atoms with Crippen LogP contribution in [0.5, 0.6) is 0 Å². The van der Waals surface area contributed by atoms with E-state index in [-0.39, 0.29) is 11.1 Å². The van der Waals surface area contributed by atoms with Crippen LogP contribution in [0.3, 0.4) is 0 Å². The first kappa shape index (κ1) is 11.6. The van der Waals surface area contributed by atoms with E-state index in [0.29, 0.717) is 10.6 Å². The van der Waals surface area contributed by atoms with Gasteiger partial charge in [0.25, 0.3) is 0 Å². The Morgan fingerprint density at radius 1 is 1.06 bits per heavy atom. The summed E-state index contributed by atoms with van der Waals surface area (Å²) in [7, 11) is 0. The van der Waals surface area contributed by atoms with Crippen LogP contribution in [-0.2, 0) is 0 Å². The maximum absolute atomic E-state index is 13.6. The molecule has 0 amide bonds. The fourth-order valence-corrected chi connectivity index (χ4v) is 1.70. The topological polar surface area (TPSA) is 23.8 Å². The highest BCUT2D eigenvalue weighted by atomic mass is 35.5. The molecule has 0 heterocycles. The molecule has 0 unspecified atom stereocenters. The summed E-state index contributed by atoms with van der Waals surface area (Å²) in [5.41, 5.74) is 0.606. The van der Waals surface area contributed by atoms with Gasteiger partial charge in [-0.3, -0.25) is 0 Å². The number of halogens is 3. The van der Waals surface area contributed by atoms with Crippen molar-refractivity contribution in [3.63, 3.8) is 0 Å². The van der Waals surface area contributed by atoms with E-state index in [2.05, 4.69) is 0 Å². The Bertz CT molecular complexity index is 617. The summed E-state index contributed by atoms with van der Waals surface area (Å²) in [5, 5.41) is 9.07. The normalized spacial score (nSPS) is 10.0. The molecule has 2 rings (SSSR count). The third kappa shape index (κ3) is 2.43. The molecule has 2 aromatic rings. The van der Waals surface area contributed by atoms with E-state index in [1.165, 1.54) is 24.3 Å². The second-order valence-electron chi connectivity index (χ2n) is 3.46. The van der Waals surface area contributed by atoms with Crippen molar-refractivity contribution >= 4 is 11.6 Å². The standard InChI is InChI=1S/C13H6ClF2N/c14-10-1-2-13(16)12(6-10)9-3-8(7-17)4-11(15)5-9/h1-6H. The Labute approximate surface area is 102 Å². The average molecular weight is 250 g/mol. The molecule has 0 saturated heterocycles. The Kier molecular flexibility index (Phi) is 3.08. The van der Waals surface area contributed by atoms with Gasteiger partial charge in [0.1, 0.15) is 11.6 Å². The second kappa shape index (κ2) is 4.52. The zero-order valence-electron chi connectivity index (χ0n) is 8.55. The Morgan fingerprint density at radius 3 is 2.53 bits per heavy atom. The lowest BCUT2D eigenvalue weighted by Gasteiger charge is -2.05. The first-order valence-corrected chi connectivity index (χ1v) is 5.14. The van der Waals surface area contributed by atoms with Crippen LogP contribution in [0.15, 0.2) is 36.4 Å². The number of nitriles is 1. The van der Waals surface area contributed by atoms with Crippen LogP contribution in [0.1, 0.15) is 5.56 Å². The SMILES string of the molecule is N#Cc1cc(F)cc(-c2cc(Cl)ccc2F)c1. The van der Waals surface area contributed by atoms with Gasteiger partial charge in [-0.1, -0.05) is 11.6 Å². The Hall–Kier alpha value is -1.92. The van der Waals surface area contributed by atoms with Gasteiger partial charge >= 0.3 is 0 Å². The predicted octanol–water partition coefficient (Wildman–Crippen LogP) is 4.16. The molecule has 0 aliphatic heterocycles. The van der Waals surface area contributed by atoms with Gasteiger partial charge in [0.15, 0.2) is 0 Å². The fraction of sp³-hybridized carbons (Fsp3) is 0. The van der Waals surface area contributed by atoms with Crippen molar-refractivity contribution in [3.8, 4) is 17.2 Å². The highest BCUT2D eigenvalue weighted by molar-refractivity contribution is 6.30. The highest BCUT2D eigenvalue weighted by Gasteiger charge is 2.08. The summed E-state index contributed by atoms with van der Waals surface area (Å²) in [6.07, 6.45) is 0.